The highest BCUT2D eigenvalue weighted by molar-refractivity contribution is 5.58. The summed E-state index contributed by atoms with van der Waals surface area (Å²) in [6.45, 7) is 5.10. The van der Waals surface area contributed by atoms with Gasteiger partial charge < -0.3 is 20.1 Å². The Balaban J connectivity index is 1.57. The van der Waals surface area contributed by atoms with Gasteiger partial charge in [0.1, 0.15) is 5.60 Å². The van der Waals surface area contributed by atoms with Crippen LogP contribution in [0.3, 0.4) is 0 Å². The van der Waals surface area contributed by atoms with Crippen LogP contribution in [0.1, 0.15) is 24.5 Å². The molecular weight excluding hydrogens is 252 g/mol. The second-order valence-electron chi connectivity index (χ2n) is 6.10. The van der Waals surface area contributed by atoms with Crippen LogP contribution in [0.15, 0.2) is 18.2 Å². The summed E-state index contributed by atoms with van der Waals surface area (Å²) in [7, 11) is 2.14. The van der Waals surface area contributed by atoms with E-state index in [1.165, 1.54) is 16.8 Å². The number of rotatable bonds is 4. The van der Waals surface area contributed by atoms with Crippen molar-refractivity contribution in [2.24, 2.45) is 0 Å². The standard InChI is InChI=1S/C16H24N2O2/c1-12-16(19,6-8-20-12)11-17-10-13-3-4-15-14(9-13)5-7-18(15)2/h3-4,9,12,17,19H,5-8,10-11H2,1-2H3. The number of hydrogen-bond acceptors (Lipinski definition) is 4. The van der Waals surface area contributed by atoms with Crippen molar-refractivity contribution in [2.75, 3.05) is 31.6 Å². The number of fused-ring (bicyclic) bond motifs is 1. The minimum Gasteiger partial charge on any atom is -0.386 e. The molecule has 4 nitrogen and oxygen atoms in total. The molecular formula is C16H24N2O2. The van der Waals surface area contributed by atoms with Crippen molar-refractivity contribution < 1.29 is 9.84 Å². The first-order valence-corrected chi connectivity index (χ1v) is 7.46. The maximum Gasteiger partial charge on any atom is 0.105 e. The lowest BCUT2D eigenvalue weighted by molar-refractivity contribution is -0.0262. The van der Waals surface area contributed by atoms with Crippen molar-refractivity contribution in [2.45, 2.75) is 38.0 Å². The van der Waals surface area contributed by atoms with Crippen LogP contribution in [0.5, 0.6) is 0 Å². The van der Waals surface area contributed by atoms with Crippen molar-refractivity contribution in [3.63, 3.8) is 0 Å². The van der Waals surface area contributed by atoms with Crippen molar-refractivity contribution in [1.82, 2.24) is 5.32 Å². The molecule has 1 saturated heterocycles. The number of nitrogens with zero attached hydrogens (tertiary/aromatic N) is 1. The van der Waals surface area contributed by atoms with E-state index < -0.39 is 5.60 Å². The summed E-state index contributed by atoms with van der Waals surface area (Å²) in [5, 5.41) is 13.8. The lowest BCUT2D eigenvalue weighted by Gasteiger charge is -2.26. The largest absolute Gasteiger partial charge is 0.386 e. The monoisotopic (exact) mass is 276 g/mol. The molecule has 1 fully saturated rings. The molecule has 0 bridgehead atoms. The highest BCUT2D eigenvalue weighted by atomic mass is 16.5. The molecule has 0 saturated carbocycles. The highest BCUT2D eigenvalue weighted by Gasteiger charge is 2.38. The Morgan fingerprint density at radius 2 is 2.35 bits per heavy atom. The van der Waals surface area contributed by atoms with E-state index in [1.54, 1.807) is 0 Å². The Hall–Kier alpha value is -1.10. The molecule has 110 valence electrons. The Kier molecular flexibility index (Phi) is 3.71. The molecule has 2 aliphatic heterocycles. The fourth-order valence-corrected chi connectivity index (χ4v) is 3.16. The first kappa shape index (κ1) is 13.9. The number of aliphatic hydroxyl groups is 1. The number of anilines is 1. The molecule has 2 aliphatic rings. The first-order valence-electron chi connectivity index (χ1n) is 7.46. The lowest BCUT2D eigenvalue weighted by Crippen LogP contribution is -2.45. The Morgan fingerprint density at radius 3 is 3.10 bits per heavy atom. The highest BCUT2D eigenvalue weighted by Crippen LogP contribution is 2.28. The van der Waals surface area contributed by atoms with E-state index >= 15 is 0 Å². The molecule has 0 spiro atoms. The third-order valence-corrected chi connectivity index (χ3v) is 4.69. The second kappa shape index (κ2) is 5.35. The van der Waals surface area contributed by atoms with E-state index in [1.807, 2.05) is 6.92 Å². The predicted molar refractivity (Wildman–Crippen MR) is 80.1 cm³/mol. The molecule has 0 aliphatic carbocycles. The normalized spacial score (nSPS) is 28.9. The van der Waals surface area contributed by atoms with Gasteiger partial charge in [0.2, 0.25) is 0 Å². The van der Waals surface area contributed by atoms with Gasteiger partial charge >= 0.3 is 0 Å². The Labute approximate surface area is 120 Å². The quantitative estimate of drug-likeness (QED) is 0.870. The number of likely N-dealkylation sites (N-methyl/N-ethyl adjacent to an activating group) is 1. The van der Waals surface area contributed by atoms with E-state index in [4.69, 9.17) is 4.74 Å². The summed E-state index contributed by atoms with van der Waals surface area (Å²) in [4.78, 5) is 2.30. The lowest BCUT2D eigenvalue weighted by atomic mass is 9.96. The van der Waals surface area contributed by atoms with Crippen LogP contribution in [0.4, 0.5) is 5.69 Å². The zero-order valence-electron chi connectivity index (χ0n) is 12.4. The van der Waals surface area contributed by atoms with Crippen LogP contribution in [-0.4, -0.2) is 43.6 Å². The van der Waals surface area contributed by atoms with Crippen LogP contribution in [-0.2, 0) is 17.7 Å². The molecule has 1 aromatic rings. The van der Waals surface area contributed by atoms with Crippen molar-refractivity contribution in [3.05, 3.63) is 29.3 Å². The van der Waals surface area contributed by atoms with E-state index in [0.29, 0.717) is 13.2 Å². The summed E-state index contributed by atoms with van der Waals surface area (Å²) >= 11 is 0. The molecule has 2 N–H and O–H groups in total. The zero-order chi connectivity index (χ0) is 14.2. The topological polar surface area (TPSA) is 44.7 Å². The van der Waals surface area contributed by atoms with Crippen LogP contribution >= 0.6 is 0 Å². The third kappa shape index (κ3) is 2.55. The molecule has 1 aromatic carbocycles. The fourth-order valence-electron chi connectivity index (χ4n) is 3.16. The Bertz CT molecular complexity index is 491. The van der Waals surface area contributed by atoms with Crippen LogP contribution in [0.2, 0.25) is 0 Å². The summed E-state index contributed by atoms with van der Waals surface area (Å²) in [5.41, 5.74) is 3.36. The molecule has 0 amide bonds. The van der Waals surface area contributed by atoms with Crippen LogP contribution in [0, 0.1) is 0 Å². The van der Waals surface area contributed by atoms with Gasteiger partial charge in [0.05, 0.1) is 6.10 Å². The van der Waals surface area contributed by atoms with Crippen LogP contribution < -0.4 is 10.2 Å². The SMILES string of the molecule is CC1OCCC1(O)CNCc1ccc2c(c1)CCN2C. The van der Waals surface area contributed by atoms with Crippen molar-refractivity contribution >= 4 is 5.69 Å². The number of hydrogen-bond donors (Lipinski definition) is 2. The van der Waals surface area contributed by atoms with E-state index in [2.05, 4.69) is 35.5 Å². The fraction of sp³-hybridized carbons (Fsp3) is 0.625. The van der Waals surface area contributed by atoms with Gasteiger partial charge in [-0.1, -0.05) is 12.1 Å². The predicted octanol–water partition coefficient (Wildman–Crippen LogP) is 1.31. The maximum atomic E-state index is 10.4. The van der Waals surface area contributed by atoms with Gasteiger partial charge in [-0.05, 0) is 30.5 Å². The van der Waals surface area contributed by atoms with Gasteiger partial charge in [0.15, 0.2) is 0 Å². The smallest absolute Gasteiger partial charge is 0.105 e. The molecule has 0 radical (unpaired) electrons. The molecule has 2 atom stereocenters. The minimum absolute atomic E-state index is 0.0799. The van der Waals surface area contributed by atoms with Crippen molar-refractivity contribution in [3.8, 4) is 0 Å². The van der Waals surface area contributed by atoms with Gasteiger partial charge in [-0.25, -0.2) is 0 Å². The molecule has 3 rings (SSSR count). The summed E-state index contributed by atoms with van der Waals surface area (Å²) in [6, 6.07) is 6.66. The van der Waals surface area contributed by atoms with E-state index in [-0.39, 0.29) is 6.10 Å². The summed E-state index contributed by atoms with van der Waals surface area (Å²) < 4.78 is 5.45. The van der Waals surface area contributed by atoms with Gasteiger partial charge in [-0.3, -0.25) is 0 Å². The van der Waals surface area contributed by atoms with Gasteiger partial charge in [0, 0.05) is 45.4 Å². The number of benzene rings is 1. The van der Waals surface area contributed by atoms with Gasteiger partial charge in [-0.2, -0.15) is 0 Å². The zero-order valence-corrected chi connectivity index (χ0v) is 12.4. The van der Waals surface area contributed by atoms with E-state index in [0.717, 1.165) is 25.9 Å². The number of ether oxygens (including phenoxy) is 1. The average molecular weight is 276 g/mol. The van der Waals surface area contributed by atoms with Crippen LogP contribution in [0.25, 0.3) is 0 Å². The maximum absolute atomic E-state index is 10.4. The minimum atomic E-state index is -0.711. The second-order valence-corrected chi connectivity index (χ2v) is 6.10. The number of nitrogens with one attached hydrogen (secondary N) is 1. The third-order valence-electron chi connectivity index (χ3n) is 4.69. The molecule has 2 unspecified atom stereocenters. The van der Waals surface area contributed by atoms with Gasteiger partial charge in [0.25, 0.3) is 0 Å². The Morgan fingerprint density at radius 1 is 1.50 bits per heavy atom. The summed E-state index contributed by atoms with van der Waals surface area (Å²) in [5.74, 6) is 0. The molecule has 4 heteroatoms. The first-order chi connectivity index (χ1) is 9.58. The van der Waals surface area contributed by atoms with Crippen molar-refractivity contribution in [1.29, 1.82) is 0 Å². The average Bonchev–Trinajstić information content (AvgIpc) is 2.95. The molecule has 0 aromatic heterocycles. The molecule has 2 heterocycles. The molecule has 20 heavy (non-hydrogen) atoms. The summed E-state index contributed by atoms with van der Waals surface area (Å²) in [6.07, 6.45) is 1.77. The van der Waals surface area contributed by atoms with Gasteiger partial charge in [-0.15, -0.1) is 0 Å². The van der Waals surface area contributed by atoms with E-state index in [9.17, 15) is 5.11 Å².